The summed E-state index contributed by atoms with van der Waals surface area (Å²) in [5.74, 6) is 0. The third-order valence-electron chi connectivity index (χ3n) is 13.7. The predicted molar refractivity (Wildman–Crippen MR) is 273 cm³/mol. The molecular weight excluding hydrogens is 771 g/mol. The Hall–Kier alpha value is -8.00. The maximum absolute atomic E-state index is 2.51. The van der Waals surface area contributed by atoms with Gasteiger partial charge in [0.15, 0.2) is 0 Å². The molecule has 0 bridgehead atoms. The minimum Gasteiger partial charge on any atom is -0.310 e. The third-order valence-corrected chi connectivity index (χ3v) is 13.7. The molecule has 11 aromatic rings. The third kappa shape index (κ3) is 6.08. The Morgan fingerprint density at radius 3 is 1.66 bits per heavy atom. The lowest BCUT2D eigenvalue weighted by Crippen LogP contribution is -2.17. The van der Waals surface area contributed by atoms with Crippen molar-refractivity contribution in [1.82, 2.24) is 0 Å². The lowest BCUT2D eigenvalue weighted by Gasteiger charge is -2.31. The van der Waals surface area contributed by atoms with E-state index in [0.29, 0.717) is 0 Å². The Morgan fingerprint density at radius 2 is 0.844 bits per heavy atom. The van der Waals surface area contributed by atoms with Gasteiger partial charge in [-0.05, 0) is 130 Å². The highest BCUT2D eigenvalue weighted by Crippen LogP contribution is 2.53. The highest BCUT2D eigenvalue weighted by molar-refractivity contribution is 6.16. The van der Waals surface area contributed by atoms with Crippen LogP contribution in [0.3, 0.4) is 0 Å². The van der Waals surface area contributed by atoms with Crippen molar-refractivity contribution in [3.8, 4) is 55.6 Å². The number of hydrogen-bond donors (Lipinski definition) is 0. The Kier molecular flexibility index (Phi) is 8.91. The molecule has 0 aromatic heterocycles. The molecule has 11 aromatic carbocycles. The first-order valence-electron chi connectivity index (χ1n) is 22.3. The van der Waals surface area contributed by atoms with E-state index < -0.39 is 0 Å². The van der Waals surface area contributed by atoms with Gasteiger partial charge in [0.2, 0.25) is 0 Å². The molecule has 0 amide bonds. The fraction of sp³-hybridized carbons (Fsp3) is 0.0476. The molecule has 0 N–H and O–H groups in total. The quantitative estimate of drug-likeness (QED) is 0.145. The molecule has 0 saturated heterocycles. The second-order valence-corrected chi connectivity index (χ2v) is 17.6. The highest BCUT2D eigenvalue weighted by atomic mass is 15.1. The van der Waals surface area contributed by atoms with Gasteiger partial charge in [-0.15, -0.1) is 0 Å². The summed E-state index contributed by atoms with van der Waals surface area (Å²) in [4.78, 5) is 2.51. The highest BCUT2D eigenvalue weighted by Gasteiger charge is 2.36. The topological polar surface area (TPSA) is 3.24 Å². The van der Waals surface area contributed by atoms with E-state index in [1.807, 2.05) is 0 Å². The fourth-order valence-corrected chi connectivity index (χ4v) is 10.6. The van der Waals surface area contributed by atoms with Gasteiger partial charge < -0.3 is 4.90 Å². The lowest BCUT2D eigenvalue weighted by atomic mass is 9.82. The first kappa shape index (κ1) is 37.7. The molecule has 0 saturated carbocycles. The van der Waals surface area contributed by atoms with Crippen LogP contribution in [0.4, 0.5) is 17.1 Å². The summed E-state index contributed by atoms with van der Waals surface area (Å²) >= 11 is 0. The van der Waals surface area contributed by atoms with E-state index in [0.717, 1.165) is 17.1 Å². The van der Waals surface area contributed by atoms with Gasteiger partial charge in [0.1, 0.15) is 0 Å². The van der Waals surface area contributed by atoms with Crippen molar-refractivity contribution in [2.24, 2.45) is 0 Å². The number of rotatable bonds is 7. The SMILES string of the molecule is CC1(C)c2ccccc2-c2ccc(N(c3ccc(-c4cccc5ccccc45)cc3)c3cccc(-c4cc5ccccc5c5ccccc45)c3-c3ccccc3-c3ccccc3)cc21. The first-order valence-corrected chi connectivity index (χ1v) is 22.3. The minimum absolute atomic E-state index is 0.166. The summed E-state index contributed by atoms with van der Waals surface area (Å²) in [5.41, 5.74) is 18.1. The Bertz CT molecular complexity index is 3570. The molecule has 0 radical (unpaired) electrons. The molecule has 1 nitrogen and oxygen atoms in total. The van der Waals surface area contributed by atoms with Crippen molar-refractivity contribution in [2.75, 3.05) is 4.90 Å². The summed E-state index contributed by atoms with van der Waals surface area (Å²) < 4.78 is 0. The van der Waals surface area contributed by atoms with Crippen molar-refractivity contribution in [3.05, 3.63) is 248 Å². The van der Waals surface area contributed by atoms with Gasteiger partial charge in [-0.25, -0.2) is 0 Å². The van der Waals surface area contributed by atoms with Crippen molar-refractivity contribution in [1.29, 1.82) is 0 Å². The van der Waals surface area contributed by atoms with Crippen LogP contribution >= 0.6 is 0 Å². The molecule has 0 heterocycles. The molecular formula is C63H45N. The van der Waals surface area contributed by atoms with E-state index in [2.05, 4.69) is 255 Å². The van der Waals surface area contributed by atoms with Crippen molar-refractivity contribution in [3.63, 3.8) is 0 Å². The van der Waals surface area contributed by atoms with Gasteiger partial charge in [-0.3, -0.25) is 0 Å². The molecule has 1 heteroatoms. The predicted octanol–water partition coefficient (Wildman–Crippen LogP) is 17.6. The summed E-state index contributed by atoms with van der Waals surface area (Å²) in [6.07, 6.45) is 0. The van der Waals surface area contributed by atoms with Crippen LogP contribution in [0.1, 0.15) is 25.0 Å². The Balaban J connectivity index is 1.16. The zero-order valence-corrected chi connectivity index (χ0v) is 36.0. The Labute approximate surface area is 375 Å². The molecule has 0 fully saturated rings. The molecule has 0 aliphatic heterocycles. The van der Waals surface area contributed by atoms with Crippen LogP contribution in [0, 0.1) is 0 Å². The van der Waals surface area contributed by atoms with Crippen molar-refractivity contribution in [2.45, 2.75) is 19.3 Å². The van der Waals surface area contributed by atoms with Gasteiger partial charge in [0.25, 0.3) is 0 Å². The monoisotopic (exact) mass is 815 g/mol. The number of hydrogen-bond acceptors (Lipinski definition) is 1. The van der Waals surface area contributed by atoms with E-state index >= 15 is 0 Å². The van der Waals surface area contributed by atoms with Gasteiger partial charge in [-0.2, -0.15) is 0 Å². The van der Waals surface area contributed by atoms with E-state index in [4.69, 9.17) is 0 Å². The molecule has 1 aliphatic rings. The fourth-order valence-electron chi connectivity index (χ4n) is 10.6. The smallest absolute Gasteiger partial charge is 0.0546 e. The number of anilines is 3. The van der Waals surface area contributed by atoms with Crippen LogP contribution < -0.4 is 4.90 Å². The summed E-state index contributed by atoms with van der Waals surface area (Å²) in [6, 6.07) is 87.4. The van der Waals surface area contributed by atoms with E-state index in [9.17, 15) is 0 Å². The van der Waals surface area contributed by atoms with Crippen LogP contribution in [0.2, 0.25) is 0 Å². The zero-order chi connectivity index (χ0) is 42.8. The van der Waals surface area contributed by atoms with Crippen LogP contribution in [-0.4, -0.2) is 0 Å². The molecule has 12 rings (SSSR count). The lowest BCUT2D eigenvalue weighted by molar-refractivity contribution is 0.660. The summed E-state index contributed by atoms with van der Waals surface area (Å²) in [5, 5.41) is 7.48. The minimum atomic E-state index is -0.166. The zero-order valence-electron chi connectivity index (χ0n) is 36.0. The molecule has 302 valence electrons. The van der Waals surface area contributed by atoms with Gasteiger partial charge in [0, 0.05) is 22.4 Å². The van der Waals surface area contributed by atoms with Crippen LogP contribution in [0.5, 0.6) is 0 Å². The van der Waals surface area contributed by atoms with Crippen LogP contribution in [0.25, 0.3) is 88.0 Å². The average Bonchev–Trinajstić information content (AvgIpc) is 3.59. The molecule has 0 unspecified atom stereocenters. The molecule has 0 spiro atoms. The number of benzene rings is 11. The van der Waals surface area contributed by atoms with E-state index in [1.165, 1.54) is 99.1 Å². The number of fused-ring (bicyclic) bond motifs is 7. The summed E-state index contributed by atoms with van der Waals surface area (Å²) in [7, 11) is 0. The second-order valence-electron chi connectivity index (χ2n) is 17.6. The van der Waals surface area contributed by atoms with E-state index in [1.54, 1.807) is 0 Å². The Morgan fingerprint density at radius 1 is 0.297 bits per heavy atom. The normalized spacial score (nSPS) is 12.7. The average molecular weight is 816 g/mol. The maximum atomic E-state index is 2.51. The second kappa shape index (κ2) is 15.1. The van der Waals surface area contributed by atoms with Crippen LogP contribution in [-0.2, 0) is 5.41 Å². The molecule has 64 heavy (non-hydrogen) atoms. The van der Waals surface area contributed by atoms with Crippen molar-refractivity contribution >= 4 is 49.4 Å². The standard InChI is InChI=1S/C63H45N/c1-63(2)59-32-15-14-28-54(59)55-39-38-47(41-60(55)63)64(46-36-34-44(35-37-46)49-30-16-22-43-20-6-8-23-48(43)49)61-33-17-31-57(62(61)56-29-13-10-24-50(56)42-18-4-3-5-19-42)58-40-45-21-7-9-25-51(45)52-26-11-12-27-53(52)58/h3-41H,1-2H3. The van der Waals surface area contributed by atoms with Crippen molar-refractivity contribution < 1.29 is 0 Å². The van der Waals surface area contributed by atoms with Crippen LogP contribution in [0.15, 0.2) is 237 Å². The summed E-state index contributed by atoms with van der Waals surface area (Å²) in [6.45, 7) is 4.75. The largest absolute Gasteiger partial charge is 0.310 e. The molecule has 1 aliphatic carbocycles. The van der Waals surface area contributed by atoms with Gasteiger partial charge in [-0.1, -0.05) is 214 Å². The van der Waals surface area contributed by atoms with Gasteiger partial charge in [0.05, 0.1) is 5.69 Å². The van der Waals surface area contributed by atoms with Gasteiger partial charge >= 0.3 is 0 Å². The maximum Gasteiger partial charge on any atom is 0.0546 e. The number of nitrogens with zero attached hydrogens (tertiary/aromatic N) is 1. The van der Waals surface area contributed by atoms with E-state index in [-0.39, 0.29) is 5.41 Å². The first-order chi connectivity index (χ1) is 31.5. The molecule has 0 atom stereocenters.